The van der Waals surface area contributed by atoms with E-state index in [-0.39, 0.29) is 17.8 Å². The summed E-state index contributed by atoms with van der Waals surface area (Å²) in [5, 5.41) is 16.1. The lowest BCUT2D eigenvalue weighted by molar-refractivity contribution is 0.186. The zero-order chi connectivity index (χ0) is 19.8. The summed E-state index contributed by atoms with van der Waals surface area (Å²) in [5.74, 6) is 0.278. The van der Waals surface area contributed by atoms with Crippen LogP contribution in [0.5, 0.6) is 5.75 Å². The maximum Gasteiger partial charge on any atom is 0.315 e. The molecule has 1 heterocycles. The highest BCUT2D eigenvalue weighted by Gasteiger charge is 2.20. The Kier molecular flexibility index (Phi) is 7.57. The van der Waals surface area contributed by atoms with Crippen molar-refractivity contribution < 1.29 is 9.90 Å². The second-order valence-corrected chi connectivity index (χ2v) is 7.78. The van der Waals surface area contributed by atoms with Gasteiger partial charge in [0.25, 0.3) is 0 Å². The summed E-state index contributed by atoms with van der Waals surface area (Å²) in [6.07, 6.45) is 3.68. The molecule has 0 saturated carbocycles. The minimum absolute atomic E-state index is 0.0816. The number of urea groups is 1. The van der Waals surface area contributed by atoms with E-state index in [0.29, 0.717) is 6.54 Å². The third-order valence-corrected chi connectivity index (χ3v) is 5.36. The molecule has 0 aromatic heterocycles. The highest BCUT2D eigenvalue weighted by atomic mass is 35.5. The number of aromatic hydroxyl groups is 1. The SMILES string of the molecule is O=C(NCCCc1ccc(O)cc1)NC1CCN(Cc2ccc(Cl)cc2)CC1. The van der Waals surface area contributed by atoms with Gasteiger partial charge in [-0.25, -0.2) is 4.79 Å². The van der Waals surface area contributed by atoms with Crippen molar-refractivity contribution in [2.75, 3.05) is 19.6 Å². The normalized spacial score (nSPS) is 15.3. The maximum atomic E-state index is 12.1. The van der Waals surface area contributed by atoms with Gasteiger partial charge in [-0.15, -0.1) is 0 Å². The summed E-state index contributed by atoms with van der Waals surface area (Å²) in [7, 11) is 0. The van der Waals surface area contributed by atoms with Gasteiger partial charge in [0.05, 0.1) is 0 Å². The number of hydrogen-bond donors (Lipinski definition) is 3. The van der Waals surface area contributed by atoms with Gasteiger partial charge in [0.15, 0.2) is 0 Å². The van der Waals surface area contributed by atoms with Crippen LogP contribution < -0.4 is 10.6 Å². The standard InChI is InChI=1S/C22H28ClN3O2/c23-19-7-3-18(4-8-19)16-26-14-11-20(12-15-26)25-22(28)24-13-1-2-17-5-9-21(27)10-6-17/h3-10,20,27H,1-2,11-16H2,(H2,24,25,28). The number of rotatable bonds is 7. The van der Waals surface area contributed by atoms with Crippen LogP contribution in [0.3, 0.4) is 0 Å². The van der Waals surface area contributed by atoms with Crippen molar-refractivity contribution in [2.45, 2.75) is 38.3 Å². The molecule has 2 aromatic carbocycles. The fourth-order valence-electron chi connectivity index (χ4n) is 3.48. The van der Waals surface area contributed by atoms with Gasteiger partial charge in [0.1, 0.15) is 5.75 Å². The van der Waals surface area contributed by atoms with Crippen LogP contribution in [0.15, 0.2) is 48.5 Å². The van der Waals surface area contributed by atoms with Gasteiger partial charge in [-0.1, -0.05) is 35.9 Å². The molecule has 1 aliphatic heterocycles. The van der Waals surface area contributed by atoms with Gasteiger partial charge in [-0.2, -0.15) is 0 Å². The van der Waals surface area contributed by atoms with E-state index in [9.17, 15) is 9.90 Å². The molecule has 0 atom stereocenters. The number of phenolic OH excluding ortho intramolecular Hbond substituents is 1. The number of halogens is 1. The van der Waals surface area contributed by atoms with Gasteiger partial charge in [-0.3, -0.25) is 4.90 Å². The summed E-state index contributed by atoms with van der Waals surface area (Å²) in [4.78, 5) is 14.5. The smallest absolute Gasteiger partial charge is 0.315 e. The predicted molar refractivity (Wildman–Crippen MR) is 113 cm³/mol. The zero-order valence-corrected chi connectivity index (χ0v) is 16.8. The minimum Gasteiger partial charge on any atom is -0.508 e. The van der Waals surface area contributed by atoms with E-state index in [4.69, 9.17) is 11.6 Å². The molecule has 5 nitrogen and oxygen atoms in total. The highest BCUT2D eigenvalue weighted by Crippen LogP contribution is 2.16. The number of nitrogens with one attached hydrogen (secondary N) is 2. The van der Waals surface area contributed by atoms with Crippen LogP contribution in [0.1, 0.15) is 30.4 Å². The molecule has 3 N–H and O–H groups in total. The van der Waals surface area contributed by atoms with Crippen LogP contribution >= 0.6 is 11.6 Å². The average Bonchev–Trinajstić information content (AvgIpc) is 2.70. The first-order valence-electron chi connectivity index (χ1n) is 9.87. The van der Waals surface area contributed by atoms with E-state index in [0.717, 1.165) is 55.9 Å². The average molecular weight is 402 g/mol. The Morgan fingerprint density at radius 1 is 1.04 bits per heavy atom. The Morgan fingerprint density at radius 2 is 1.68 bits per heavy atom. The summed E-state index contributed by atoms with van der Waals surface area (Å²) < 4.78 is 0. The van der Waals surface area contributed by atoms with Gasteiger partial charge >= 0.3 is 6.03 Å². The van der Waals surface area contributed by atoms with Crippen LogP contribution in [0, 0.1) is 0 Å². The molecule has 1 fully saturated rings. The van der Waals surface area contributed by atoms with E-state index in [1.165, 1.54) is 5.56 Å². The van der Waals surface area contributed by atoms with Crippen LogP contribution in [0.2, 0.25) is 5.02 Å². The number of phenols is 1. The van der Waals surface area contributed by atoms with Gasteiger partial charge in [0, 0.05) is 37.2 Å². The van der Waals surface area contributed by atoms with Crippen molar-refractivity contribution in [2.24, 2.45) is 0 Å². The zero-order valence-electron chi connectivity index (χ0n) is 16.0. The second kappa shape index (κ2) is 10.3. The number of hydrogen-bond acceptors (Lipinski definition) is 3. The van der Waals surface area contributed by atoms with E-state index in [2.05, 4.69) is 27.7 Å². The topological polar surface area (TPSA) is 64.6 Å². The minimum atomic E-state index is -0.0816. The fraction of sp³-hybridized carbons (Fsp3) is 0.409. The molecular formula is C22H28ClN3O2. The van der Waals surface area contributed by atoms with Crippen molar-refractivity contribution in [3.8, 4) is 5.75 Å². The van der Waals surface area contributed by atoms with E-state index < -0.39 is 0 Å². The number of likely N-dealkylation sites (tertiary alicyclic amines) is 1. The first-order chi connectivity index (χ1) is 13.6. The molecule has 0 unspecified atom stereocenters. The van der Waals surface area contributed by atoms with E-state index in [1.807, 2.05) is 24.3 Å². The molecule has 0 radical (unpaired) electrons. The maximum absolute atomic E-state index is 12.1. The Hall–Kier alpha value is -2.24. The molecule has 3 rings (SSSR count). The number of carbonyl (C=O) groups is 1. The van der Waals surface area contributed by atoms with Crippen molar-refractivity contribution >= 4 is 17.6 Å². The summed E-state index contributed by atoms with van der Waals surface area (Å²) in [6, 6.07) is 15.3. The van der Waals surface area contributed by atoms with Crippen molar-refractivity contribution in [3.63, 3.8) is 0 Å². The van der Waals surface area contributed by atoms with Crippen LogP contribution in [-0.4, -0.2) is 41.7 Å². The van der Waals surface area contributed by atoms with Crippen LogP contribution in [0.25, 0.3) is 0 Å². The van der Waals surface area contributed by atoms with Crippen molar-refractivity contribution in [3.05, 3.63) is 64.7 Å². The summed E-state index contributed by atoms with van der Waals surface area (Å²) in [6.45, 7) is 3.53. The first kappa shape index (κ1) is 20.5. The third kappa shape index (κ3) is 6.73. The van der Waals surface area contributed by atoms with Crippen molar-refractivity contribution in [1.82, 2.24) is 15.5 Å². The molecule has 1 aliphatic rings. The molecule has 6 heteroatoms. The number of benzene rings is 2. The lowest BCUT2D eigenvalue weighted by atomic mass is 10.0. The Morgan fingerprint density at radius 3 is 2.36 bits per heavy atom. The number of aryl methyl sites for hydroxylation is 1. The first-order valence-corrected chi connectivity index (χ1v) is 10.3. The molecule has 2 aromatic rings. The highest BCUT2D eigenvalue weighted by molar-refractivity contribution is 6.30. The molecule has 1 saturated heterocycles. The molecule has 0 aliphatic carbocycles. The number of amides is 2. The Labute approximate surface area is 171 Å². The van der Waals surface area contributed by atoms with Crippen LogP contribution in [-0.2, 0) is 13.0 Å². The summed E-state index contributed by atoms with van der Waals surface area (Å²) in [5.41, 5.74) is 2.43. The van der Waals surface area contributed by atoms with E-state index >= 15 is 0 Å². The molecule has 2 amide bonds. The molecule has 0 spiro atoms. The third-order valence-electron chi connectivity index (χ3n) is 5.11. The van der Waals surface area contributed by atoms with Gasteiger partial charge in [0.2, 0.25) is 0 Å². The molecule has 0 bridgehead atoms. The second-order valence-electron chi connectivity index (χ2n) is 7.35. The summed E-state index contributed by atoms with van der Waals surface area (Å²) >= 11 is 5.94. The molecular weight excluding hydrogens is 374 g/mol. The van der Waals surface area contributed by atoms with Gasteiger partial charge < -0.3 is 15.7 Å². The van der Waals surface area contributed by atoms with E-state index in [1.54, 1.807) is 12.1 Å². The number of carbonyl (C=O) groups excluding carboxylic acids is 1. The lowest BCUT2D eigenvalue weighted by Crippen LogP contribution is -2.47. The monoisotopic (exact) mass is 401 g/mol. The molecule has 28 heavy (non-hydrogen) atoms. The number of piperidine rings is 1. The van der Waals surface area contributed by atoms with Crippen LogP contribution in [0.4, 0.5) is 4.79 Å². The number of nitrogens with zero attached hydrogens (tertiary/aromatic N) is 1. The van der Waals surface area contributed by atoms with Gasteiger partial charge in [-0.05, 0) is 61.1 Å². The Bertz CT molecular complexity index is 741. The quantitative estimate of drug-likeness (QED) is 0.615. The Balaban J connectivity index is 1.29. The lowest BCUT2D eigenvalue weighted by Gasteiger charge is -2.32. The van der Waals surface area contributed by atoms with Crippen molar-refractivity contribution in [1.29, 1.82) is 0 Å². The molecule has 150 valence electrons. The predicted octanol–water partition coefficient (Wildman–Crippen LogP) is 3.94. The fourth-order valence-corrected chi connectivity index (χ4v) is 3.60. The largest absolute Gasteiger partial charge is 0.508 e.